The molecule has 0 bridgehead atoms. The van der Waals surface area contributed by atoms with Gasteiger partial charge < -0.3 is 5.32 Å². The topological polar surface area (TPSA) is 24.9 Å². The summed E-state index contributed by atoms with van der Waals surface area (Å²) in [6.45, 7) is 5.25. The van der Waals surface area contributed by atoms with Crippen molar-refractivity contribution in [1.82, 2.24) is 10.3 Å². The van der Waals surface area contributed by atoms with E-state index in [0.717, 1.165) is 6.54 Å². The smallest absolute Gasteiger partial charge is 0.0585 e. The molecule has 0 aliphatic heterocycles. The molecular formula is C19H20N2. The minimum Gasteiger partial charge on any atom is -0.307 e. The van der Waals surface area contributed by atoms with Crippen LogP contribution in [0.2, 0.25) is 0 Å². The van der Waals surface area contributed by atoms with Crippen LogP contribution < -0.4 is 5.32 Å². The third-order valence-electron chi connectivity index (χ3n) is 3.93. The molecule has 3 rings (SSSR count). The zero-order valence-electron chi connectivity index (χ0n) is 12.5. The highest BCUT2D eigenvalue weighted by Crippen LogP contribution is 2.30. The molecule has 2 nitrogen and oxygen atoms in total. The Balaban J connectivity index is 2.19. The van der Waals surface area contributed by atoms with E-state index in [0.29, 0.717) is 0 Å². The Bertz CT molecular complexity index is 744. The molecule has 0 saturated heterocycles. The summed E-state index contributed by atoms with van der Waals surface area (Å²) in [7, 11) is 0. The van der Waals surface area contributed by atoms with Crippen LogP contribution in [0, 0.1) is 6.92 Å². The SMILES string of the molecule is CCNC(c1ccccc1C)c1cccc2cnccc12. The minimum atomic E-state index is 0.210. The molecule has 21 heavy (non-hydrogen) atoms. The highest BCUT2D eigenvalue weighted by molar-refractivity contribution is 5.85. The first-order valence-electron chi connectivity index (χ1n) is 7.43. The molecule has 0 amide bonds. The van der Waals surface area contributed by atoms with Gasteiger partial charge in [0.25, 0.3) is 0 Å². The van der Waals surface area contributed by atoms with E-state index in [1.54, 1.807) is 0 Å². The van der Waals surface area contributed by atoms with Crippen molar-refractivity contribution < 1.29 is 0 Å². The standard InChI is InChI=1S/C19H20N2/c1-3-21-19(16-9-5-4-7-14(16)2)18-10-6-8-15-13-20-12-11-17(15)18/h4-13,19,21H,3H2,1-2H3. The molecule has 1 aromatic heterocycles. The minimum absolute atomic E-state index is 0.210. The van der Waals surface area contributed by atoms with Crippen LogP contribution in [0.25, 0.3) is 10.8 Å². The van der Waals surface area contributed by atoms with Gasteiger partial charge in [-0.15, -0.1) is 0 Å². The van der Waals surface area contributed by atoms with E-state index >= 15 is 0 Å². The number of pyridine rings is 1. The second-order valence-electron chi connectivity index (χ2n) is 5.29. The molecule has 1 atom stereocenters. The van der Waals surface area contributed by atoms with E-state index in [-0.39, 0.29) is 6.04 Å². The van der Waals surface area contributed by atoms with E-state index in [2.05, 4.69) is 72.7 Å². The molecule has 0 aliphatic carbocycles. The quantitative estimate of drug-likeness (QED) is 0.771. The largest absolute Gasteiger partial charge is 0.307 e. The lowest BCUT2D eigenvalue weighted by Gasteiger charge is -2.22. The summed E-state index contributed by atoms with van der Waals surface area (Å²) in [5, 5.41) is 6.08. The number of aromatic nitrogens is 1. The number of nitrogens with one attached hydrogen (secondary N) is 1. The van der Waals surface area contributed by atoms with Gasteiger partial charge in [-0.2, -0.15) is 0 Å². The zero-order valence-corrected chi connectivity index (χ0v) is 12.5. The Morgan fingerprint density at radius 2 is 1.81 bits per heavy atom. The lowest BCUT2D eigenvalue weighted by atomic mass is 9.92. The third kappa shape index (κ3) is 2.67. The van der Waals surface area contributed by atoms with Crippen molar-refractivity contribution in [1.29, 1.82) is 0 Å². The average molecular weight is 276 g/mol. The normalized spacial score (nSPS) is 12.5. The van der Waals surface area contributed by atoms with Gasteiger partial charge in [0, 0.05) is 17.8 Å². The molecule has 0 radical (unpaired) electrons. The maximum atomic E-state index is 4.23. The molecule has 0 aliphatic rings. The number of hydrogen-bond donors (Lipinski definition) is 1. The van der Waals surface area contributed by atoms with Gasteiger partial charge in [-0.1, -0.05) is 49.4 Å². The predicted octanol–water partition coefficient (Wildman–Crippen LogP) is 4.24. The average Bonchev–Trinajstić information content (AvgIpc) is 2.53. The first-order chi connectivity index (χ1) is 10.3. The van der Waals surface area contributed by atoms with Crippen molar-refractivity contribution in [3.8, 4) is 0 Å². The second kappa shape index (κ2) is 6.06. The molecule has 0 saturated carbocycles. The predicted molar refractivity (Wildman–Crippen MR) is 88.4 cm³/mol. The van der Waals surface area contributed by atoms with Crippen LogP contribution in [0.5, 0.6) is 0 Å². The van der Waals surface area contributed by atoms with E-state index in [1.807, 2.05) is 12.4 Å². The van der Waals surface area contributed by atoms with Gasteiger partial charge in [-0.25, -0.2) is 0 Å². The summed E-state index contributed by atoms with van der Waals surface area (Å²) in [5.74, 6) is 0. The van der Waals surface area contributed by atoms with Crippen LogP contribution in [0.1, 0.15) is 29.7 Å². The summed E-state index contributed by atoms with van der Waals surface area (Å²) < 4.78 is 0. The van der Waals surface area contributed by atoms with Crippen LogP contribution in [0.3, 0.4) is 0 Å². The summed E-state index contributed by atoms with van der Waals surface area (Å²) in [6.07, 6.45) is 3.80. The van der Waals surface area contributed by atoms with Crippen LogP contribution in [-0.4, -0.2) is 11.5 Å². The molecule has 0 spiro atoms. The fourth-order valence-corrected chi connectivity index (χ4v) is 2.90. The van der Waals surface area contributed by atoms with E-state index in [9.17, 15) is 0 Å². The Morgan fingerprint density at radius 1 is 1.00 bits per heavy atom. The van der Waals surface area contributed by atoms with E-state index < -0.39 is 0 Å². The Kier molecular flexibility index (Phi) is 3.98. The Hall–Kier alpha value is -2.19. The number of hydrogen-bond acceptors (Lipinski definition) is 2. The monoisotopic (exact) mass is 276 g/mol. The number of benzene rings is 2. The fraction of sp³-hybridized carbons (Fsp3) is 0.211. The van der Waals surface area contributed by atoms with Gasteiger partial charge in [-0.3, -0.25) is 4.98 Å². The van der Waals surface area contributed by atoms with Gasteiger partial charge >= 0.3 is 0 Å². The van der Waals surface area contributed by atoms with Crippen LogP contribution >= 0.6 is 0 Å². The zero-order chi connectivity index (χ0) is 14.7. The molecule has 2 heteroatoms. The van der Waals surface area contributed by atoms with Gasteiger partial charge in [0.15, 0.2) is 0 Å². The maximum absolute atomic E-state index is 4.23. The van der Waals surface area contributed by atoms with Gasteiger partial charge in [0.05, 0.1) is 6.04 Å². The highest BCUT2D eigenvalue weighted by Gasteiger charge is 2.16. The highest BCUT2D eigenvalue weighted by atomic mass is 14.9. The van der Waals surface area contributed by atoms with Gasteiger partial charge in [0.2, 0.25) is 0 Å². The molecule has 106 valence electrons. The van der Waals surface area contributed by atoms with E-state index in [1.165, 1.54) is 27.5 Å². The van der Waals surface area contributed by atoms with Crippen molar-refractivity contribution in [3.63, 3.8) is 0 Å². The Labute approximate surface area is 125 Å². The van der Waals surface area contributed by atoms with Crippen molar-refractivity contribution in [3.05, 3.63) is 77.6 Å². The maximum Gasteiger partial charge on any atom is 0.0585 e. The van der Waals surface area contributed by atoms with Gasteiger partial charge in [-0.05, 0) is 41.6 Å². The van der Waals surface area contributed by atoms with Crippen molar-refractivity contribution in [2.75, 3.05) is 6.54 Å². The molecule has 1 unspecified atom stereocenters. The summed E-state index contributed by atoms with van der Waals surface area (Å²) in [4.78, 5) is 4.23. The van der Waals surface area contributed by atoms with Crippen LogP contribution in [0.15, 0.2) is 60.9 Å². The second-order valence-corrected chi connectivity index (χ2v) is 5.29. The first kappa shape index (κ1) is 13.8. The molecule has 1 heterocycles. The molecule has 0 fully saturated rings. The molecule has 1 N–H and O–H groups in total. The number of aryl methyl sites for hydroxylation is 1. The summed E-state index contributed by atoms with van der Waals surface area (Å²) in [6, 6.07) is 17.3. The number of fused-ring (bicyclic) bond motifs is 1. The fourth-order valence-electron chi connectivity index (χ4n) is 2.90. The summed E-state index contributed by atoms with van der Waals surface area (Å²) in [5.41, 5.74) is 3.96. The Morgan fingerprint density at radius 3 is 2.62 bits per heavy atom. The first-order valence-corrected chi connectivity index (χ1v) is 7.43. The van der Waals surface area contributed by atoms with Crippen molar-refractivity contribution >= 4 is 10.8 Å². The third-order valence-corrected chi connectivity index (χ3v) is 3.93. The van der Waals surface area contributed by atoms with E-state index in [4.69, 9.17) is 0 Å². The van der Waals surface area contributed by atoms with Crippen molar-refractivity contribution in [2.24, 2.45) is 0 Å². The molecule has 2 aromatic carbocycles. The lowest BCUT2D eigenvalue weighted by Crippen LogP contribution is -2.23. The van der Waals surface area contributed by atoms with Gasteiger partial charge in [0.1, 0.15) is 0 Å². The number of rotatable bonds is 4. The number of nitrogens with zero attached hydrogens (tertiary/aromatic N) is 1. The molecule has 3 aromatic rings. The summed E-state index contributed by atoms with van der Waals surface area (Å²) >= 11 is 0. The van der Waals surface area contributed by atoms with Crippen LogP contribution in [-0.2, 0) is 0 Å². The molecular weight excluding hydrogens is 256 g/mol. The van der Waals surface area contributed by atoms with Crippen molar-refractivity contribution in [2.45, 2.75) is 19.9 Å². The lowest BCUT2D eigenvalue weighted by molar-refractivity contribution is 0.631. The van der Waals surface area contributed by atoms with Crippen LogP contribution in [0.4, 0.5) is 0 Å².